The standard InChI is InChI=1S/C23H29ClN4O2/c1-27(2)15-12-25-23(30)20-8-3-4-9-21(20)28-13-10-19(11-14-28)26-22(29)17-6-5-7-18(24)16-17/h3-9,16,19H,10-15H2,1-2H3,(H,25,30)(H,26,29). The van der Waals surface area contributed by atoms with Crippen LogP contribution in [0.3, 0.4) is 0 Å². The molecule has 1 heterocycles. The molecule has 0 radical (unpaired) electrons. The number of carbonyl (C=O) groups excluding carboxylic acids is 2. The molecule has 2 amide bonds. The van der Waals surface area contributed by atoms with E-state index in [1.807, 2.05) is 43.3 Å². The SMILES string of the molecule is CN(C)CCNC(=O)c1ccccc1N1CCC(NC(=O)c2cccc(Cl)c2)CC1. The molecule has 0 unspecified atom stereocenters. The first-order valence-electron chi connectivity index (χ1n) is 10.3. The van der Waals surface area contributed by atoms with E-state index in [-0.39, 0.29) is 17.9 Å². The van der Waals surface area contributed by atoms with E-state index in [0.717, 1.165) is 38.2 Å². The van der Waals surface area contributed by atoms with Crippen LogP contribution in [-0.4, -0.2) is 63.0 Å². The Morgan fingerprint density at radius 2 is 1.80 bits per heavy atom. The second kappa shape index (κ2) is 10.5. The number of rotatable bonds is 7. The Hall–Kier alpha value is -2.57. The molecule has 0 bridgehead atoms. The monoisotopic (exact) mass is 428 g/mol. The molecule has 1 fully saturated rings. The molecule has 0 aromatic heterocycles. The normalized spacial score (nSPS) is 14.6. The Balaban J connectivity index is 1.57. The van der Waals surface area contributed by atoms with Gasteiger partial charge in [-0.15, -0.1) is 0 Å². The van der Waals surface area contributed by atoms with Gasteiger partial charge >= 0.3 is 0 Å². The zero-order valence-corrected chi connectivity index (χ0v) is 18.3. The molecule has 2 aromatic carbocycles. The number of carbonyl (C=O) groups is 2. The van der Waals surface area contributed by atoms with Gasteiger partial charge < -0.3 is 20.4 Å². The smallest absolute Gasteiger partial charge is 0.253 e. The number of halogens is 1. The van der Waals surface area contributed by atoms with Crippen LogP contribution in [0.5, 0.6) is 0 Å². The summed E-state index contributed by atoms with van der Waals surface area (Å²) in [6, 6.07) is 14.8. The van der Waals surface area contributed by atoms with E-state index in [0.29, 0.717) is 22.7 Å². The predicted octanol–water partition coefficient (Wildman–Crippen LogP) is 3.03. The quantitative estimate of drug-likeness (QED) is 0.711. The summed E-state index contributed by atoms with van der Waals surface area (Å²) >= 11 is 5.98. The summed E-state index contributed by atoms with van der Waals surface area (Å²) in [5, 5.41) is 6.65. The minimum Gasteiger partial charge on any atom is -0.371 e. The molecule has 1 aliphatic rings. The van der Waals surface area contributed by atoms with Crippen LogP contribution in [0.2, 0.25) is 5.02 Å². The Morgan fingerprint density at radius 3 is 2.50 bits per heavy atom. The molecule has 0 saturated carbocycles. The number of likely N-dealkylation sites (N-methyl/N-ethyl adjacent to an activating group) is 1. The highest BCUT2D eigenvalue weighted by molar-refractivity contribution is 6.30. The summed E-state index contributed by atoms with van der Waals surface area (Å²) in [6.07, 6.45) is 1.64. The van der Waals surface area contributed by atoms with Gasteiger partial charge in [0.25, 0.3) is 11.8 Å². The number of benzene rings is 2. The van der Waals surface area contributed by atoms with Crippen molar-refractivity contribution in [3.8, 4) is 0 Å². The van der Waals surface area contributed by atoms with Crippen molar-refractivity contribution in [2.75, 3.05) is 45.2 Å². The van der Waals surface area contributed by atoms with Crippen molar-refractivity contribution in [3.05, 3.63) is 64.7 Å². The maximum atomic E-state index is 12.7. The molecular weight excluding hydrogens is 400 g/mol. The van der Waals surface area contributed by atoms with Gasteiger partial charge in [-0.05, 0) is 57.3 Å². The van der Waals surface area contributed by atoms with Crippen LogP contribution in [0.4, 0.5) is 5.69 Å². The lowest BCUT2D eigenvalue weighted by atomic mass is 10.0. The van der Waals surface area contributed by atoms with Crippen LogP contribution in [-0.2, 0) is 0 Å². The molecule has 3 rings (SSSR count). The Labute approximate surface area is 183 Å². The van der Waals surface area contributed by atoms with E-state index < -0.39 is 0 Å². The predicted molar refractivity (Wildman–Crippen MR) is 121 cm³/mol. The average Bonchev–Trinajstić information content (AvgIpc) is 2.74. The van der Waals surface area contributed by atoms with Gasteiger partial charge in [0, 0.05) is 48.5 Å². The lowest BCUT2D eigenvalue weighted by molar-refractivity contribution is 0.0929. The Bertz CT molecular complexity index is 879. The molecule has 2 N–H and O–H groups in total. The maximum Gasteiger partial charge on any atom is 0.253 e. The highest BCUT2D eigenvalue weighted by atomic mass is 35.5. The second-order valence-corrected chi connectivity index (χ2v) is 8.26. The fourth-order valence-electron chi connectivity index (χ4n) is 3.59. The third-order valence-corrected chi connectivity index (χ3v) is 5.49. The minimum absolute atomic E-state index is 0.0520. The molecule has 160 valence electrons. The van der Waals surface area contributed by atoms with Gasteiger partial charge in [0.15, 0.2) is 0 Å². The van der Waals surface area contributed by atoms with Gasteiger partial charge in [0.2, 0.25) is 0 Å². The molecule has 1 saturated heterocycles. The van der Waals surface area contributed by atoms with Crippen molar-refractivity contribution in [1.82, 2.24) is 15.5 Å². The fourth-order valence-corrected chi connectivity index (χ4v) is 3.78. The number of anilines is 1. The van der Waals surface area contributed by atoms with Crippen LogP contribution in [0.25, 0.3) is 0 Å². The van der Waals surface area contributed by atoms with Gasteiger partial charge in [0.1, 0.15) is 0 Å². The van der Waals surface area contributed by atoms with Gasteiger partial charge in [0.05, 0.1) is 5.56 Å². The summed E-state index contributed by atoms with van der Waals surface area (Å²) in [6.45, 7) is 2.97. The van der Waals surface area contributed by atoms with E-state index in [1.54, 1.807) is 24.3 Å². The first-order chi connectivity index (χ1) is 14.4. The molecule has 2 aromatic rings. The third-order valence-electron chi connectivity index (χ3n) is 5.25. The van der Waals surface area contributed by atoms with E-state index >= 15 is 0 Å². The van der Waals surface area contributed by atoms with Crippen molar-refractivity contribution in [3.63, 3.8) is 0 Å². The molecule has 30 heavy (non-hydrogen) atoms. The van der Waals surface area contributed by atoms with Crippen molar-refractivity contribution < 1.29 is 9.59 Å². The number of nitrogens with zero attached hydrogens (tertiary/aromatic N) is 2. The highest BCUT2D eigenvalue weighted by Crippen LogP contribution is 2.24. The van der Waals surface area contributed by atoms with Crippen molar-refractivity contribution in [2.24, 2.45) is 0 Å². The molecule has 0 atom stereocenters. The van der Waals surface area contributed by atoms with Crippen LogP contribution in [0, 0.1) is 0 Å². The zero-order valence-electron chi connectivity index (χ0n) is 17.5. The number of hydrogen-bond acceptors (Lipinski definition) is 4. The Kier molecular flexibility index (Phi) is 7.71. The van der Waals surface area contributed by atoms with E-state index in [1.165, 1.54) is 0 Å². The third kappa shape index (κ3) is 5.97. The summed E-state index contributed by atoms with van der Waals surface area (Å²) in [5.41, 5.74) is 2.21. The first-order valence-corrected chi connectivity index (χ1v) is 10.6. The Morgan fingerprint density at radius 1 is 1.07 bits per heavy atom. The van der Waals surface area contributed by atoms with Crippen LogP contribution >= 0.6 is 11.6 Å². The van der Waals surface area contributed by atoms with Gasteiger partial charge in [-0.2, -0.15) is 0 Å². The molecular formula is C23H29ClN4O2. The average molecular weight is 429 g/mol. The molecule has 0 spiro atoms. The minimum atomic E-state index is -0.100. The highest BCUT2D eigenvalue weighted by Gasteiger charge is 2.24. The summed E-state index contributed by atoms with van der Waals surface area (Å²) in [5.74, 6) is -0.152. The summed E-state index contributed by atoms with van der Waals surface area (Å²) in [7, 11) is 3.96. The molecule has 0 aliphatic carbocycles. The van der Waals surface area contributed by atoms with E-state index in [4.69, 9.17) is 11.6 Å². The van der Waals surface area contributed by atoms with Crippen LogP contribution in [0.1, 0.15) is 33.6 Å². The second-order valence-electron chi connectivity index (χ2n) is 7.82. The van der Waals surface area contributed by atoms with Crippen molar-refractivity contribution in [1.29, 1.82) is 0 Å². The lowest BCUT2D eigenvalue weighted by Crippen LogP contribution is -2.45. The fraction of sp³-hybridized carbons (Fsp3) is 0.391. The number of amides is 2. The summed E-state index contributed by atoms with van der Waals surface area (Å²) in [4.78, 5) is 29.4. The summed E-state index contributed by atoms with van der Waals surface area (Å²) < 4.78 is 0. The molecule has 1 aliphatic heterocycles. The van der Waals surface area contributed by atoms with Gasteiger partial charge in [-0.25, -0.2) is 0 Å². The molecule has 7 heteroatoms. The van der Waals surface area contributed by atoms with E-state index in [2.05, 4.69) is 15.5 Å². The van der Waals surface area contributed by atoms with Gasteiger partial charge in [-0.1, -0.05) is 29.8 Å². The van der Waals surface area contributed by atoms with E-state index in [9.17, 15) is 9.59 Å². The van der Waals surface area contributed by atoms with Gasteiger partial charge in [-0.3, -0.25) is 9.59 Å². The van der Waals surface area contributed by atoms with Crippen LogP contribution < -0.4 is 15.5 Å². The number of hydrogen-bond donors (Lipinski definition) is 2. The largest absolute Gasteiger partial charge is 0.371 e. The lowest BCUT2D eigenvalue weighted by Gasteiger charge is -2.35. The first kappa shape index (κ1) is 22.1. The van der Waals surface area contributed by atoms with Crippen molar-refractivity contribution in [2.45, 2.75) is 18.9 Å². The van der Waals surface area contributed by atoms with Crippen molar-refractivity contribution >= 4 is 29.1 Å². The molecule has 6 nitrogen and oxygen atoms in total. The van der Waals surface area contributed by atoms with Crippen LogP contribution in [0.15, 0.2) is 48.5 Å². The maximum absolute atomic E-state index is 12.7. The number of piperidine rings is 1. The topological polar surface area (TPSA) is 64.7 Å². The zero-order chi connectivity index (χ0) is 21.5. The number of nitrogens with one attached hydrogen (secondary N) is 2. The number of para-hydroxylation sites is 1.